The summed E-state index contributed by atoms with van der Waals surface area (Å²) in [6.07, 6.45) is 30.1. The second-order valence-electron chi connectivity index (χ2n) is 11.5. The lowest BCUT2D eigenvalue weighted by Crippen LogP contribution is -1.86. The molecule has 0 atom stereocenters. The van der Waals surface area contributed by atoms with E-state index >= 15 is 0 Å². The first-order chi connectivity index (χ1) is 19.3. The Bertz CT molecular complexity index is 803. The zero-order chi connectivity index (χ0) is 27.6. The van der Waals surface area contributed by atoms with E-state index in [-0.39, 0.29) is 0 Å². The molecule has 0 saturated carbocycles. The van der Waals surface area contributed by atoms with Crippen LogP contribution in [0.3, 0.4) is 0 Å². The minimum atomic E-state index is 0.920. The molecular formula is C37H58N2. The first-order valence-corrected chi connectivity index (χ1v) is 16.7. The Balaban J connectivity index is 1.55. The lowest BCUT2D eigenvalue weighted by molar-refractivity contribution is 0.556. The number of hydrogen-bond acceptors (Lipinski definition) is 2. The van der Waals surface area contributed by atoms with Crippen LogP contribution in [-0.4, -0.2) is 6.01 Å². The van der Waals surface area contributed by atoms with Crippen molar-refractivity contribution in [1.82, 2.24) is 0 Å². The summed E-state index contributed by atoms with van der Waals surface area (Å²) in [5, 5.41) is 0. The lowest BCUT2D eigenvalue weighted by atomic mass is 10.0. The highest BCUT2D eigenvalue weighted by Gasteiger charge is 1.98. The summed E-state index contributed by atoms with van der Waals surface area (Å²) >= 11 is 0. The summed E-state index contributed by atoms with van der Waals surface area (Å²) in [7, 11) is 0. The van der Waals surface area contributed by atoms with Gasteiger partial charge >= 0.3 is 0 Å². The number of rotatable bonds is 24. The summed E-state index contributed by atoms with van der Waals surface area (Å²) in [6, 6.07) is 20.1. The van der Waals surface area contributed by atoms with Crippen molar-refractivity contribution in [2.45, 2.75) is 155 Å². The number of benzene rings is 2. The Kier molecular flexibility index (Phi) is 20.1. The Morgan fingerprint density at radius 1 is 0.385 bits per heavy atom. The van der Waals surface area contributed by atoms with Crippen molar-refractivity contribution in [3.63, 3.8) is 0 Å². The van der Waals surface area contributed by atoms with Gasteiger partial charge in [0.25, 0.3) is 0 Å². The lowest BCUT2D eigenvalue weighted by Gasteiger charge is -2.03. The van der Waals surface area contributed by atoms with Gasteiger partial charge in [-0.2, -0.15) is 9.98 Å². The maximum Gasteiger partial charge on any atom is 0.100 e. The Hall–Kier alpha value is -2.18. The highest BCUT2D eigenvalue weighted by atomic mass is 14.8. The largest absolute Gasteiger partial charge is 0.188 e. The number of nitrogens with zero attached hydrogens (tertiary/aromatic N) is 2. The molecule has 0 fully saturated rings. The normalized spacial score (nSPS) is 10.9. The van der Waals surface area contributed by atoms with Crippen molar-refractivity contribution >= 4 is 17.4 Å². The fourth-order valence-corrected chi connectivity index (χ4v) is 5.25. The van der Waals surface area contributed by atoms with E-state index in [1.54, 1.807) is 0 Å². The van der Waals surface area contributed by atoms with E-state index in [1.807, 2.05) is 0 Å². The van der Waals surface area contributed by atoms with Gasteiger partial charge in [0.2, 0.25) is 0 Å². The maximum atomic E-state index is 4.41. The van der Waals surface area contributed by atoms with Gasteiger partial charge in [0, 0.05) is 0 Å². The van der Waals surface area contributed by atoms with Crippen LogP contribution >= 0.6 is 0 Å². The van der Waals surface area contributed by atoms with Crippen molar-refractivity contribution in [2.75, 3.05) is 0 Å². The van der Waals surface area contributed by atoms with E-state index in [0.717, 1.165) is 11.4 Å². The molecule has 0 radical (unpaired) electrons. The van der Waals surface area contributed by atoms with Crippen LogP contribution in [0.4, 0.5) is 11.4 Å². The van der Waals surface area contributed by atoms with Gasteiger partial charge in [-0.05, 0) is 61.1 Å². The van der Waals surface area contributed by atoms with Gasteiger partial charge in [-0.3, -0.25) is 0 Å². The van der Waals surface area contributed by atoms with Crippen molar-refractivity contribution in [3.8, 4) is 0 Å². The number of hydrogen-bond donors (Lipinski definition) is 0. The number of unbranched alkanes of at least 4 members (excludes halogenated alkanes) is 18. The first kappa shape index (κ1) is 33.0. The molecule has 0 aliphatic rings. The number of aliphatic imine (C=N–C) groups is 2. The molecule has 2 nitrogen and oxygen atoms in total. The van der Waals surface area contributed by atoms with Gasteiger partial charge in [-0.1, -0.05) is 154 Å². The summed E-state index contributed by atoms with van der Waals surface area (Å²) in [5.74, 6) is 0. The molecule has 0 saturated heterocycles. The van der Waals surface area contributed by atoms with Gasteiger partial charge in [0.05, 0.1) is 11.4 Å². The van der Waals surface area contributed by atoms with Crippen LogP contribution in [0.2, 0.25) is 0 Å². The topological polar surface area (TPSA) is 24.7 Å². The fraction of sp³-hybridized carbons (Fsp3) is 0.649. The van der Waals surface area contributed by atoms with Gasteiger partial charge in [0.15, 0.2) is 0 Å². The summed E-state index contributed by atoms with van der Waals surface area (Å²) in [5.41, 5.74) is 4.65. The molecule has 2 rings (SSSR count). The van der Waals surface area contributed by atoms with Gasteiger partial charge in [0.1, 0.15) is 6.01 Å². The molecule has 0 unspecified atom stereocenters. The van der Waals surface area contributed by atoms with Crippen LogP contribution in [0.25, 0.3) is 0 Å². The molecule has 0 amide bonds. The standard InChI is InChI=1S/C37H58N2/c1-3-5-7-9-11-13-15-17-19-21-23-34-25-29-36(30-26-34)38-33-39-37-31-27-35(28-32-37)24-22-20-18-16-14-12-10-8-6-4-2/h25-32H,3-24H2,1-2H3. The SMILES string of the molecule is CCCCCCCCCCCCc1ccc(N=C=Nc2ccc(CCCCCCCCCCCC)cc2)cc1. The maximum absolute atomic E-state index is 4.41. The van der Waals surface area contributed by atoms with E-state index in [4.69, 9.17) is 0 Å². The zero-order valence-electron chi connectivity index (χ0n) is 25.6. The highest BCUT2D eigenvalue weighted by Crippen LogP contribution is 2.18. The quantitative estimate of drug-likeness (QED) is 0.0952. The van der Waals surface area contributed by atoms with E-state index in [9.17, 15) is 0 Å². The fourth-order valence-electron chi connectivity index (χ4n) is 5.25. The van der Waals surface area contributed by atoms with Crippen molar-refractivity contribution < 1.29 is 0 Å². The molecule has 0 N–H and O–H groups in total. The van der Waals surface area contributed by atoms with E-state index in [0.29, 0.717) is 0 Å². The van der Waals surface area contributed by atoms with Crippen molar-refractivity contribution in [1.29, 1.82) is 0 Å². The van der Waals surface area contributed by atoms with Crippen LogP contribution in [0.5, 0.6) is 0 Å². The minimum absolute atomic E-state index is 0.920. The second kappa shape index (κ2) is 23.7. The van der Waals surface area contributed by atoms with E-state index in [2.05, 4.69) is 78.4 Å². The summed E-state index contributed by atoms with van der Waals surface area (Å²) in [4.78, 5) is 8.82. The molecule has 0 aliphatic heterocycles. The second-order valence-corrected chi connectivity index (χ2v) is 11.5. The van der Waals surface area contributed by atoms with E-state index in [1.165, 1.54) is 152 Å². The monoisotopic (exact) mass is 530 g/mol. The van der Waals surface area contributed by atoms with Crippen LogP contribution in [0.1, 0.15) is 153 Å². The third kappa shape index (κ3) is 17.9. The highest BCUT2D eigenvalue weighted by molar-refractivity contribution is 5.58. The molecule has 39 heavy (non-hydrogen) atoms. The average Bonchev–Trinajstić information content (AvgIpc) is 2.96. The Labute approximate surface area is 241 Å². The predicted octanol–water partition coefficient (Wildman–Crippen LogP) is 12.8. The van der Waals surface area contributed by atoms with Crippen LogP contribution < -0.4 is 0 Å². The predicted molar refractivity (Wildman–Crippen MR) is 173 cm³/mol. The molecule has 0 heterocycles. The summed E-state index contributed by atoms with van der Waals surface area (Å²) in [6.45, 7) is 4.57. The molecule has 2 aromatic carbocycles. The molecule has 2 aromatic rings. The van der Waals surface area contributed by atoms with Gasteiger partial charge in [-0.15, -0.1) is 0 Å². The van der Waals surface area contributed by atoms with E-state index < -0.39 is 0 Å². The van der Waals surface area contributed by atoms with Crippen LogP contribution in [-0.2, 0) is 12.8 Å². The minimum Gasteiger partial charge on any atom is -0.188 e. The summed E-state index contributed by atoms with van der Waals surface area (Å²) < 4.78 is 0. The molecule has 0 aromatic heterocycles. The van der Waals surface area contributed by atoms with Crippen molar-refractivity contribution in [3.05, 3.63) is 59.7 Å². The first-order valence-electron chi connectivity index (χ1n) is 16.7. The van der Waals surface area contributed by atoms with Crippen LogP contribution in [0, 0.1) is 0 Å². The van der Waals surface area contributed by atoms with Gasteiger partial charge in [-0.25, -0.2) is 0 Å². The van der Waals surface area contributed by atoms with Crippen molar-refractivity contribution in [2.24, 2.45) is 9.98 Å². The molecule has 0 spiro atoms. The molecule has 216 valence electrons. The molecule has 0 bridgehead atoms. The average molecular weight is 531 g/mol. The third-order valence-electron chi connectivity index (χ3n) is 7.87. The third-order valence-corrected chi connectivity index (χ3v) is 7.87. The Morgan fingerprint density at radius 2 is 0.667 bits per heavy atom. The van der Waals surface area contributed by atoms with Gasteiger partial charge < -0.3 is 0 Å². The molecule has 2 heteroatoms. The Morgan fingerprint density at radius 3 is 0.974 bits per heavy atom. The molecule has 0 aliphatic carbocycles. The smallest absolute Gasteiger partial charge is 0.100 e. The molecular weight excluding hydrogens is 472 g/mol. The number of aryl methyl sites for hydroxylation is 2. The zero-order valence-corrected chi connectivity index (χ0v) is 25.6. The van der Waals surface area contributed by atoms with Crippen LogP contribution in [0.15, 0.2) is 58.5 Å².